The van der Waals surface area contributed by atoms with Crippen LogP contribution in [0.25, 0.3) is 0 Å². The van der Waals surface area contributed by atoms with E-state index in [2.05, 4.69) is 17.2 Å². The number of methoxy groups -OCH3 is 1. The second-order valence-corrected chi connectivity index (χ2v) is 4.57. The molecule has 1 atom stereocenters. The molecule has 1 aromatic heterocycles. The molecule has 100 valence electrons. The number of hydrogen-bond donors (Lipinski definition) is 1. The fourth-order valence-electron chi connectivity index (χ4n) is 2.04. The van der Waals surface area contributed by atoms with Crippen LogP contribution in [-0.4, -0.2) is 18.6 Å². The highest BCUT2D eigenvalue weighted by molar-refractivity contribution is 6.32. The summed E-state index contributed by atoms with van der Waals surface area (Å²) in [4.78, 5) is 4.06. The van der Waals surface area contributed by atoms with Gasteiger partial charge in [0.15, 0.2) is 0 Å². The molecule has 1 unspecified atom stereocenters. The molecular weight excluding hydrogens is 260 g/mol. The predicted molar refractivity (Wildman–Crippen MR) is 77.8 cm³/mol. The van der Waals surface area contributed by atoms with Crippen molar-refractivity contribution in [3.63, 3.8) is 0 Å². The van der Waals surface area contributed by atoms with Gasteiger partial charge in [-0.25, -0.2) is 0 Å². The first-order valence-electron chi connectivity index (χ1n) is 6.23. The number of ether oxygens (including phenoxy) is 1. The van der Waals surface area contributed by atoms with Crippen molar-refractivity contribution in [2.45, 2.75) is 13.0 Å². The lowest BCUT2D eigenvalue weighted by atomic mass is 9.99. The lowest BCUT2D eigenvalue weighted by molar-refractivity contribution is 0.414. The van der Waals surface area contributed by atoms with Gasteiger partial charge in [0.05, 0.1) is 18.2 Å². The number of pyridine rings is 1. The third-order valence-corrected chi connectivity index (χ3v) is 3.27. The highest BCUT2D eigenvalue weighted by atomic mass is 35.5. The second kappa shape index (κ2) is 6.55. The highest BCUT2D eigenvalue weighted by Crippen LogP contribution is 2.30. The van der Waals surface area contributed by atoms with Crippen LogP contribution in [0.1, 0.15) is 24.1 Å². The SMILES string of the molecule is CCNC(c1ccncc1)c1ccc(Cl)c(OC)c1. The molecule has 2 aromatic rings. The number of aromatic nitrogens is 1. The molecule has 0 bridgehead atoms. The van der Waals surface area contributed by atoms with E-state index in [1.165, 1.54) is 5.56 Å². The number of rotatable bonds is 5. The van der Waals surface area contributed by atoms with E-state index in [0.29, 0.717) is 10.8 Å². The van der Waals surface area contributed by atoms with E-state index in [1.54, 1.807) is 19.5 Å². The Morgan fingerprint density at radius 2 is 1.95 bits per heavy atom. The molecule has 0 fully saturated rings. The summed E-state index contributed by atoms with van der Waals surface area (Å²) in [5, 5.41) is 4.08. The van der Waals surface area contributed by atoms with Crippen molar-refractivity contribution in [3.05, 3.63) is 58.9 Å². The second-order valence-electron chi connectivity index (χ2n) is 4.17. The van der Waals surface area contributed by atoms with Crippen molar-refractivity contribution in [2.75, 3.05) is 13.7 Å². The van der Waals surface area contributed by atoms with Gasteiger partial charge in [-0.15, -0.1) is 0 Å². The van der Waals surface area contributed by atoms with Gasteiger partial charge in [0.2, 0.25) is 0 Å². The predicted octanol–water partition coefficient (Wildman–Crippen LogP) is 3.44. The third kappa shape index (κ3) is 3.25. The molecule has 2 rings (SSSR count). The van der Waals surface area contributed by atoms with Crippen molar-refractivity contribution in [1.82, 2.24) is 10.3 Å². The number of nitrogens with zero attached hydrogens (tertiary/aromatic N) is 1. The molecule has 0 saturated carbocycles. The lowest BCUT2D eigenvalue weighted by Gasteiger charge is -2.19. The van der Waals surface area contributed by atoms with Crippen LogP contribution in [-0.2, 0) is 0 Å². The molecule has 1 N–H and O–H groups in total. The Morgan fingerprint density at radius 1 is 1.21 bits per heavy atom. The number of nitrogens with one attached hydrogen (secondary N) is 1. The molecule has 4 heteroatoms. The lowest BCUT2D eigenvalue weighted by Crippen LogP contribution is -2.22. The number of hydrogen-bond acceptors (Lipinski definition) is 3. The first kappa shape index (κ1) is 13.8. The van der Waals surface area contributed by atoms with Crippen LogP contribution in [0.15, 0.2) is 42.7 Å². The summed E-state index contributed by atoms with van der Waals surface area (Å²) in [6, 6.07) is 9.97. The van der Waals surface area contributed by atoms with E-state index < -0.39 is 0 Å². The summed E-state index contributed by atoms with van der Waals surface area (Å²) in [6.45, 7) is 2.96. The Morgan fingerprint density at radius 3 is 2.58 bits per heavy atom. The van der Waals surface area contributed by atoms with Crippen molar-refractivity contribution in [1.29, 1.82) is 0 Å². The van der Waals surface area contributed by atoms with Gasteiger partial charge in [0.25, 0.3) is 0 Å². The monoisotopic (exact) mass is 276 g/mol. The molecule has 0 aliphatic heterocycles. The minimum Gasteiger partial charge on any atom is -0.495 e. The van der Waals surface area contributed by atoms with Crippen molar-refractivity contribution >= 4 is 11.6 Å². The number of halogens is 1. The Bertz CT molecular complexity index is 531. The van der Waals surface area contributed by atoms with Gasteiger partial charge in [-0.1, -0.05) is 24.6 Å². The van der Waals surface area contributed by atoms with Crippen LogP contribution in [0, 0.1) is 0 Å². The first-order valence-corrected chi connectivity index (χ1v) is 6.60. The molecule has 19 heavy (non-hydrogen) atoms. The summed E-state index contributed by atoms with van der Waals surface area (Å²) >= 11 is 6.07. The Hall–Kier alpha value is -1.58. The standard InChI is InChI=1S/C15H17ClN2O/c1-3-18-15(11-6-8-17-9-7-11)12-4-5-13(16)14(10-12)19-2/h4-10,15,18H,3H2,1-2H3. The maximum absolute atomic E-state index is 6.07. The largest absolute Gasteiger partial charge is 0.495 e. The van der Waals surface area contributed by atoms with E-state index in [-0.39, 0.29) is 6.04 Å². The summed E-state index contributed by atoms with van der Waals surface area (Å²) in [5.41, 5.74) is 2.29. The van der Waals surface area contributed by atoms with E-state index in [4.69, 9.17) is 16.3 Å². The van der Waals surface area contributed by atoms with Gasteiger partial charge in [0.1, 0.15) is 5.75 Å². The van der Waals surface area contributed by atoms with Crippen LogP contribution in [0.2, 0.25) is 5.02 Å². The molecule has 1 aromatic carbocycles. The van der Waals surface area contributed by atoms with Gasteiger partial charge in [-0.3, -0.25) is 4.98 Å². The summed E-state index contributed by atoms with van der Waals surface area (Å²) in [6.07, 6.45) is 3.60. The average molecular weight is 277 g/mol. The zero-order valence-electron chi connectivity index (χ0n) is 11.1. The first-order chi connectivity index (χ1) is 9.26. The molecular formula is C15H17ClN2O. The molecule has 0 spiro atoms. The molecule has 3 nitrogen and oxygen atoms in total. The van der Waals surface area contributed by atoms with Gasteiger partial charge in [-0.05, 0) is 41.9 Å². The van der Waals surface area contributed by atoms with E-state index in [9.17, 15) is 0 Å². The normalized spacial score (nSPS) is 12.2. The summed E-state index contributed by atoms with van der Waals surface area (Å²) < 4.78 is 5.28. The zero-order chi connectivity index (χ0) is 13.7. The van der Waals surface area contributed by atoms with Gasteiger partial charge >= 0.3 is 0 Å². The Balaban J connectivity index is 2.39. The minimum atomic E-state index is 0.110. The van der Waals surface area contributed by atoms with Crippen LogP contribution < -0.4 is 10.1 Å². The van der Waals surface area contributed by atoms with Gasteiger partial charge in [0, 0.05) is 12.4 Å². The van der Waals surface area contributed by atoms with Crippen LogP contribution in [0.3, 0.4) is 0 Å². The van der Waals surface area contributed by atoms with E-state index >= 15 is 0 Å². The van der Waals surface area contributed by atoms with E-state index in [0.717, 1.165) is 12.1 Å². The molecule has 1 heterocycles. The van der Waals surface area contributed by atoms with Crippen molar-refractivity contribution in [2.24, 2.45) is 0 Å². The minimum absolute atomic E-state index is 0.110. The fourth-order valence-corrected chi connectivity index (χ4v) is 2.24. The van der Waals surface area contributed by atoms with Crippen LogP contribution >= 0.6 is 11.6 Å². The quantitative estimate of drug-likeness (QED) is 0.908. The van der Waals surface area contributed by atoms with Crippen LogP contribution in [0.5, 0.6) is 5.75 Å². The molecule has 0 aliphatic rings. The molecule has 0 aliphatic carbocycles. The molecule has 0 saturated heterocycles. The highest BCUT2D eigenvalue weighted by Gasteiger charge is 2.14. The maximum Gasteiger partial charge on any atom is 0.137 e. The fraction of sp³-hybridized carbons (Fsp3) is 0.267. The topological polar surface area (TPSA) is 34.2 Å². The van der Waals surface area contributed by atoms with Gasteiger partial charge < -0.3 is 10.1 Å². The van der Waals surface area contributed by atoms with Crippen molar-refractivity contribution < 1.29 is 4.74 Å². The maximum atomic E-state index is 6.07. The Kier molecular flexibility index (Phi) is 4.77. The van der Waals surface area contributed by atoms with Crippen molar-refractivity contribution in [3.8, 4) is 5.75 Å². The smallest absolute Gasteiger partial charge is 0.137 e. The summed E-state index contributed by atoms with van der Waals surface area (Å²) in [5.74, 6) is 0.691. The van der Waals surface area contributed by atoms with Crippen LogP contribution in [0.4, 0.5) is 0 Å². The van der Waals surface area contributed by atoms with Gasteiger partial charge in [-0.2, -0.15) is 0 Å². The molecule has 0 radical (unpaired) electrons. The average Bonchev–Trinajstić information content (AvgIpc) is 2.46. The van der Waals surface area contributed by atoms with E-state index in [1.807, 2.05) is 30.3 Å². The summed E-state index contributed by atoms with van der Waals surface area (Å²) in [7, 11) is 1.62. The Labute approximate surface area is 118 Å². The molecule has 0 amide bonds. The number of benzene rings is 1. The zero-order valence-corrected chi connectivity index (χ0v) is 11.8. The third-order valence-electron chi connectivity index (χ3n) is 2.96.